The largest absolute Gasteiger partial charge is 0.418 e. The topological polar surface area (TPSA) is 30.2 Å². The Labute approximate surface area is 406 Å². The average molecular weight is 1070 g/mol. The summed E-state index contributed by atoms with van der Waals surface area (Å²) in [5, 5.41) is 1.89. The highest BCUT2D eigenvalue weighted by atomic mass is 19.2. The Morgan fingerprint density at radius 2 is 0.680 bits per heavy atom. The molecule has 0 bridgehead atoms. The number of hydrogen-bond donors (Lipinski definition) is 0. The number of fused-ring (bicyclic) bond motifs is 2. The predicted octanol–water partition coefficient (Wildman–Crippen LogP) is 11.3. The monoisotopic (exact) mass is 1070 g/mol. The van der Waals surface area contributed by atoms with Gasteiger partial charge in [-0.15, -0.1) is 21.9 Å². The van der Waals surface area contributed by atoms with Crippen molar-refractivity contribution >= 4 is 44.7 Å². The summed E-state index contributed by atoms with van der Waals surface area (Å²) < 4.78 is 302. The van der Waals surface area contributed by atoms with E-state index in [0.717, 1.165) is 27.5 Å². The summed E-state index contributed by atoms with van der Waals surface area (Å²) in [4.78, 5) is 13.3. The van der Waals surface area contributed by atoms with Gasteiger partial charge in [-0.25, -0.2) is 92.6 Å². The first-order valence-electron chi connectivity index (χ1n) is 20.9. The smallest absolute Gasteiger partial charge is 0.409 e. The second-order valence-corrected chi connectivity index (χ2v) is 16.1. The van der Waals surface area contributed by atoms with Crippen molar-refractivity contribution in [2.75, 3.05) is 0 Å². The van der Waals surface area contributed by atoms with Gasteiger partial charge in [0.25, 0.3) is 5.69 Å². The zero-order chi connectivity index (χ0) is 54.7. The lowest BCUT2D eigenvalue weighted by Gasteiger charge is -2.44. The zero-order valence-electron chi connectivity index (χ0n) is 36.5. The van der Waals surface area contributed by atoms with Gasteiger partial charge in [0.2, 0.25) is 0 Å². The van der Waals surface area contributed by atoms with Crippen molar-refractivity contribution in [1.29, 1.82) is 0 Å². The van der Waals surface area contributed by atoms with Crippen LogP contribution < -0.4 is 31.2 Å². The maximum Gasteiger partial charge on any atom is 0.409 e. The highest BCUT2D eigenvalue weighted by Crippen LogP contribution is 2.33. The normalized spacial score (nSPS) is 11.6. The fourth-order valence-corrected chi connectivity index (χ4v) is 8.67. The lowest BCUT2D eigenvalue weighted by molar-refractivity contribution is -0.689. The Bertz CT molecular complexity index is 3350. The van der Waals surface area contributed by atoms with Gasteiger partial charge in [0.15, 0.2) is 82.5 Å². The van der Waals surface area contributed by atoms with E-state index < -0.39 is 144 Å². The van der Waals surface area contributed by atoms with E-state index in [4.69, 9.17) is 4.74 Å². The number of rotatable bonds is 8. The molecule has 0 saturated carbocycles. The summed E-state index contributed by atoms with van der Waals surface area (Å²) in [6.07, 6.45) is -5.27. The SMILES string of the molecule is Fc1c(F)c(F)c([B-](c2c(F)c(F)c(F)c(F)c2F)(c2c(F)c(F)c(F)c(F)c2F)c2c(F)c(F)c(F)c(F)c2F)c(F)c1F.O=C(Oc1cc2cccccc-2c1)c1c2ccccc2cc[n+]1Cc1ccccc1. The first-order chi connectivity index (χ1) is 35.5. The number of nitrogens with zero attached hydrogens (tertiary/aromatic N) is 1. The molecule has 0 spiro atoms. The number of pyridine rings is 1. The van der Waals surface area contributed by atoms with Crippen LogP contribution in [0.2, 0.25) is 0 Å². The molecule has 0 aliphatic heterocycles. The minimum absolute atomic E-state index is 0.359. The molecular formula is C51H20BF20NO2. The summed E-state index contributed by atoms with van der Waals surface area (Å²) in [6.45, 7) is 0.592. The molecule has 0 fully saturated rings. The molecule has 1 heterocycles. The molecule has 24 heteroatoms. The Kier molecular flexibility index (Phi) is 14.2. The summed E-state index contributed by atoms with van der Waals surface area (Å²) in [6, 6.07) is 33.8. The summed E-state index contributed by atoms with van der Waals surface area (Å²) in [5.41, 5.74) is -10.6. The predicted molar refractivity (Wildman–Crippen MR) is 227 cm³/mol. The van der Waals surface area contributed by atoms with E-state index in [1.54, 1.807) is 0 Å². The van der Waals surface area contributed by atoms with Crippen LogP contribution in [0.25, 0.3) is 21.9 Å². The second-order valence-electron chi connectivity index (χ2n) is 16.1. The molecule has 2 aliphatic rings. The molecule has 75 heavy (non-hydrogen) atoms. The highest BCUT2D eigenvalue weighted by molar-refractivity contribution is 7.20. The van der Waals surface area contributed by atoms with E-state index >= 15 is 35.1 Å². The minimum Gasteiger partial charge on any atom is -0.418 e. The van der Waals surface area contributed by atoms with Crippen molar-refractivity contribution in [1.82, 2.24) is 0 Å². The van der Waals surface area contributed by atoms with Crippen LogP contribution in [0.4, 0.5) is 87.8 Å². The van der Waals surface area contributed by atoms with Crippen molar-refractivity contribution in [2.45, 2.75) is 6.54 Å². The molecule has 0 unspecified atom stereocenters. The number of halogens is 20. The number of hydrogen-bond acceptors (Lipinski definition) is 2. The van der Waals surface area contributed by atoms with E-state index in [1.807, 2.05) is 102 Å². The van der Waals surface area contributed by atoms with Gasteiger partial charge in [-0.1, -0.05) is 78.9 Å². The number of aromatic nitrogens is 1. The van der Waals surface area contributed by atoms with Gasteiger partial charge in [0.1, 0.15) is 58.4 Å². The summed E-state index contributed by atoms with van der Waals surface area (Å²) in [5.74, 6) is -71.2. The minimum atomic E-state index is -7.22. The van der Waals surface area contributed by atoms with Gasteiger partial charge in [0, 0.05) is 11.6 Å². The third kappa shape index (κ3) is 8.59. The molecule has 0 radical (unpaired) electrons. The van der Waals surface area contributed by atoms with E-state index in [-0.39, 0.29) is 5.97 Å². The number of carbonyl (C=O) groups excluding carboxylic acids is 1. The van der Waals surface area contributed by atoms with E-state index in [0.29, 0.717) is 18.0 Å². The fraction of sp³-hybridized carbons (Fsp3) is 0.0196. The van der Waals surface area contributed by atoms with Gasteiger partial charge < -0.3 is 4.74 Å². The van der Waals surface area contributed by atoms with Crippen LogP contribution in [0, 0.1) is 116 Å². The number of carbonyl (C=O) groups is 1. The van der Waals surface area contributed by atoms with Crippen molar-refractivity contribution in [3.63, 3.8) is 0 Å². The fourth-order valence-electron chi connectivity index (χ4n) is 8.67. The second kappa shape index (κ2) is 20.1. The zero-order valence-corrected chi connectivity index (χ0v) is 36.5. The Hall–Kier alpha value is -8.44. The molecule has 7 aromatic rings. The molecular weight excluding hydrogens is 1050 g/mol. The van der Waals surface area contributed by atoms with Gasteiger partial charge >= 0.3 is 5.97 Å². The Morgan fingerprint density at radius 1 is 0.373 bits per heavy atom. The first kappa shape index (κ1) is 52.9. The van der Waals surface area contributed by atoms with Crippen LogP contribution in [0.3, 0.4) is 0 Å². The van der Waals surface area contributed by atoms with Crippen LogP contribution in [0.5, 0.6) is 5.75 Å². The van der Waals surface area contributed by atoms with Crippen molar-refractivity contribution in [3.8, 4) is 16.9 Å². The molecule has 6 aromatic carbocycles. The van der Waals surface area contributed by atoms with Gasteiger partial charge in [-0.05, 0) is 34.7 Å². The number of ether oxygens (including phenoxy) is 1. The van der Waals surface area contributed by atoms with Crippen molar-refractivity contribution in [2.24, 2.45) is 0 Å². The Balaban J connectivity index is 0.000000215. The van der Waals surface area contributed by atoms with Gasteiger partial charge in [-0.3, -0.25) is 0 Å². The number of benzene rings is 6. The molecule has 0 N–H and O–H groups in total. The first-order valence-corrected chi connectivity index (χ1v) is 20.9. The summed E-state index contributed by atoms with van der Waals surface area (Å²) >= 11 is 0. The molecule has 1 aromatic heterocycles. The number of esters is 1. The quantitative estimate of drug-likeness (QED) is 0.0379. The standard InChI is InChI=1S/C27H20NO2.C24BF20/c29-27(30-24-17-22-12-5-2-6-13-23(22)18-24)26-25-14-8-7-11-21(25)15-16-28(26)19-20-9-3-1-4-10-20;26-5-1(6(27)14(35)21(42)13(5)34)25(2-7(28)15(36)22(43)16(37)8(2)29,3-9(30)17(38)23(44)18(39)10(3)31)4-11(32)19(40)24(45)20(41)12(4)33/h1-18H,19H2;/q+1;-1. The lowest BCUT2D eigenvalue weighted by Crippen LogP contribution is -2.81. The van der Waals surface area contributed by atoms with E-state index in [2.05, 4.69) is 12.1 Å². The third-order valence-corrected chi connectivity index (χ3v) is 11.9. The van der Waals surface area contributed by atoms with Crippen LogP contribution in [-0.2, 0) is 6.54 Å². The maximum atomic E-state index is 15.4. The van der Waals surface area contributed by atoms with Gasteiger partial charge in [-0.2, -0.15) is 4.57 Å². The van der Waals surface area contributed by atoms with Crippen LogP contribution in [0.1, 0.15) is 16.1 Å². The molecule has 9 rings (SSSR count). The van der Waals surface area contributed by atoms with E-state index in [1.165, 1.54) is 0 Å². The van der Waals surface area contributed by atoms with Crippen LogP contribution in [0.15, 0.2) is 109 Å². The average Bonchev–Trinajstić information content (AvgIpc) is 3.72. The molecule has 0 atom stereocenters. The van der Waals surface area contributed by atoms with Gasteiger partial charge in [0.05, 0.1) is 5.39 Å². The van der Waals surface area contributed by atoms with Crippen molar-refractivity contribution in [3.05, 3.63) is 237 Å². The summed E-state index contributed by atoms with van der Waals surface area (Å²) in [7, 11) is 0. The molecule has 0 amide bonds. The van der Waals surface area contributed by atoms with E-state index in [9.17, 15) is 57.5 Å². The molecule has 2 aliphatic carbocycles. The molecule has 3 nitrogen and oxygen atoms in total. The maximum absolute atomic E-state index is 15.4. The molecule has 384 valence electrons. The van der Waals surface area contributed by atoms with Crippen molar-refractivity contribution < 1.29 is 102 Å². The Morgan fingerprint density at radius 3 is 1.04 bits per heavy atom. The van der Waals surface area contributed by atoms with Crippen LogP contribution in [-0.4, -0.2) is 12.1 Å². The molecule has 0 saturated heterocycles. The third-order valence-electron chi connectivity index (χ3n) is 11.9. The van der Waals surface area contributed by atoms with Crippen LogP contribution >= 0.6 is 0 Å². The highest BCUT2D eigenvalue weighted by Gasteiger charge is 2.52. The lowest BCUT2D eigenvalue weighted by atomic mass is 9.12.